The molecule has 1 rings (SSSR count). The minimum atomic E-state index is -0.200. The van der Waals surface area contributed by atoms with Gasteiger partial charge >= 0.3 is 0 Å². The third-order valence-corrected chi connectivity index (χ3v) is 3.65. The highest BCUT2D eigenvalue weighted by atomic mass is 28.2. The number of hydrogen-bond donors (Lipinski definition) is 0. The van der Waals surface area contributed by atoms with E-state index in [2.05, 4.69) is 45.6 Å². The molecule has 0 saturated heterocycles. The standard InChI is InChI=1S/C11H18Si/c1-8-6-11(7-12(4)5)10(3)9(8)2/h6-7,11H,1-5H3. The third-order valence-electron chi connectivity index (χ3n) is 2.63. The van der Waals surface area contributed by atoms with Gasteiger partial charge in [-0.25, -0.2) is 0 Å². The first-order valence-corrected chi connectivity index (χ1v) is 7.11. The summed E-state index contributed by atoms with van der Waals surface area (Å²) in [6.45, 7) is 11.4. The monoisotopic (exact) mass is 178 g/mol. The Morgan fingerprint density at radius 1 is 1.25 bits per heavy atom. The molecule has 0 fully saturated rings. The second-order valence-electron chi connectivity index (χ2n) is 3.93. The highest BCUT2D eigenvalue weighted by Gasteiger charge is 2.15. The fourth-order valence-corrected chi connectivity index (χ4v) is 2.68. The van der Waals surface area contributed by atoms with Crippen molar-refractivity contribution >= 4 is 14.1 Å². The highest BCUT2D eigenvalue weighted by molar-refractivity contribution is 6.64. The van der Waals surface area contributed by atoms with Crippen molar-refractivity contribution < 1.29 is 0 Å². The van der Waals surface area contributed by atoms with Gasteiger partial charge in [-0.15, -0.1) is 0 Å². The van der Waals surface area contributed by atoms with E-state index in [0.717, 1.165) is 0 Å². The molecule has 1 atom stereocenters. The SMILES string of the molecule is CC1=CC(C=[Si](C)C)C(C)=C1C. The Morgan fingerprint density at radius 3 is 2.17 bits per heavy atom. The van der Waals surface area contributed by atoms with E-state index in [-0.39, 0.29) is 8.41 Å². The minimum absolute atomic E-state index is 0.200. The minimum Gasteiger partial charge on any atom is -0.0933 e. The van der Waals surface area contributed by atoms with E-state index in [0.29, 0.717) is 5.92 Å². The molecule has 12 heavy (non-hydrogen) atoms. The summed E-state index contributed by atoms with van der Waals surface area (Å²) in [5.74, 6) is 0.647. The summed E-state index contributed by atoms with van der Waals surface area (Å²) < 4.78 is 0. The third kappa shape index (κ3) is 1.83. The fraction of sp³-hybridized carbons (Fsp3) is 0.545. The van der Waals surface area contributed by atoms with Gasteiger partial charge in [0.2, 0.25) is 0 Å². The predicted molar refractivity (Wildman–Crippen MR) is 59.2 cm³/mol. The first-order chi connectivity index (χ1) is 5.52. The Morgan fingerprint density at radius 2 is 1.83 bits per heavy atom. The summed E-state index contributed by atoms with van der Waals surface area (Å²) >= 11 is 0. The second kappa shape index (κ2) is 3.52. The molecule has 0 N–H and O–H groups in total. The van der Waals surface area contributed by atoms with Crippen molar-refractivity contribution in [2.24, 2.45) is 5.92 Å². The lowest BCUT2D eigenvalue weighted by molar-refractivity contribution is 1.07. The molecule has 0 aromatic rings. The molecule has 0 aromatic carbocycles. The fourth-order valence-electron chi connectivity index (χ4n) is 1.61. The molecule has 1 aliphatic carbocycles. The van der Waals surface area contributed by atoms with Crippen molar-refractivity contribution in [3.8, 4) is 0 Å². The summed E-state index contributed by atoms with van der Waals surface area (Å²) in [5, 5.41) is 0. The first-order valence-electron chi connectivity index (χ1n) is 4.53. The smallest absolute Gasteiger partial charge is 0.0127 e. The van der Waals surface area contributed by atoms with Gasteiger partial charge in [0.25, 0.3) is 0 Å². The van der Waals surface area contributed by atoms with Crippen molar-refractivity contribution in [1.29, 1.82) is 0 Å². The Bertz CT molecular complexity index is 273. The van der Waals surface area contributed by atoms with E-state index >= 15 is 0 Å². The van der Waals surface area contributed by atoms with Gasteiger partial charge in [-0.1, -0.05) is 36.0 Å². The lowest BCUT2D eigenvalue weighted by Gasteiger charge is -2.05. The molecule has 66 valence electrons. The van der Waals surface area contributed by atoms with Crippen LogP contribution in [0.4, 0.5) is 0 Å². The Hall–Kier alpha value is -0.433. The highest BCUT2D eigenvalue weighted by Crippen LogP contribution is 2.28. The van der Waals surface area contributed by atoms with Crippen LogP contribution in [0.1, 0.15) is 20.8 Å². The van der Waals surface area contributed by atoms with Gasteiger partial charge in [-0.2, -0.15) is 0 Å². The molecule has 0 aromatic heterocycles. The van der Waals surface area contributed by atoms with Crippen LogP contribution in [0.2, 0.25) is 13.1 Å². The van der Waals surface area contributed by atoms with Crippen LogP contribution in [0, 0.1) is 5.92 Å². The van der Waals surface area contributed by atoms with Crippen molar-refractivity contribution in [2.75, 3.05) is 0 Å². The maximum Gasteiger partial charge on any atom is 0.0127 e. The summed E-state index contributed by atoms with van der Waals surface area (Å²) in [7, 11) is -0.200. The lowest BCUT2D eigenvalue weighted by Crippen LogP contribution is -2.04. The summed E-state index contributed by atoms with van der Waals surface area (Å²) in [4.78, 5) is 0. The topological polar surface area (TPSA) is 0 Å². The van der Waals surface area contributed by atoms with Gasteiger partial charge in [-0.05, 0) is 34.8 Å². The zero-order valence-electron chi connectivity index (χ0n) is 8.73. The molecule has 1 unspecified atom stereocenters. The molecule has 0 spiro atoms. The van der Waals surface area contributed by atoms with Crippen LogP contribution >= 0.6 is 0 Å². The van der Waals surface area contributed by atoms with Crippen molar-refractivity contribution in [1.82, 2.24) is 0 Å². The lowest BCUT2D eigenvalue weighted by atomic mass is 10.1. The van der Waals surface area contributed by atoms with Crippen LogP contribution < -0.4 is 0 Å². The van der Waals surface area contributed by atoms with Crippen molar-refractivity contribution in [2.45, 2.75) is 33.9 Å². The zero-order chi connectivity index (χ0) is 9.30. The van der Waals surface area contributed by atoms with E-state index in [9.17, 15) is 0 Å². The van der Waals surface area contributed by atoms with Crippen molar-refractivity contribution in [3.63, 3.8) is 0 Å². The van der Waals surface area contributed by atoms with Gasteiger partial charge < -0.3 is 0 Å². The number of allylic oxidation sites excluding steroid dienone is 4. The molecule has 0 aliphatic heterocycles. The van der Waals surface area contributed by atoms with Crippen LogP contribution in [-0.2, 0) is 0 Å². The van der Waals surface area contributed by atoms with E-state index in [1.54, 1.807) is 5.57 Å². The normalized spacial score (nSPS) is 22.8. The van der Waals surface area contributed by atoms with Gasteiger partial charge in [0, 0.05) is 5.92 Å². The summed E-state index contributed by atoms with van der Waals surface area (Å²) in [6, 6.07) is 0. The molecular weight excluding hydrogens is 160 g/mol. The maximum atomic E-state index is 2.51. The Labute approximate surface area is 77.2 Å². The Balaban J connectivity index is 2.94. The van der Waals surface area contributed by atoms with E-state index in [1.165, 1.54) is 11.1 Å². The number of hydrogen-bond acceptors (Lipinski definition) is 0. The second-order valence-corrected chi connectivity index (χ2v) is 6.42. The predicted octanol–water partition coefficient (Wildman–Crippen LogP) is 3.04. The molecular formula is C11H18Si. The van der Waals surface area contributed by atoms with Gasteiger partial charge in [-0.3, -0.25) is 0 Å². The van der Waals surface area contributed by atoms with Gasteiger partial charge in [0.15, 0.2) is 0 Å². The van der Waals surface area contributed by atoms with Crippen LogP contribution in [0.25, 0.3) is 0 Å². The Kier molecular flexibility index (Phi) is 2.83. The molecule has 0 nitrogen and oxygen atoms in total. The molecule has 0 amide bonds. The van der Waals surface area contributed by atoms with E-state index in [1.807, 2.05) is 0 Å². The summed E-state index contributed by atoms with van der Waals surface area (Å²) in [6.07, 6.45) is 2.39. The average molecular weight is 178 g/mol. The van der Waals surface area contributed by atoms with Crippen LogP contribution in [0.15, 0.2) is 22.8 Å². The van der Waals surface area contributed by atoms with Crippen LogP contribution in [0.3, 0.4) is 0 Å². The quantitative estimate of drug-likeness (QED) is 0.541. The molecule has 0 heterocycles. The zero-order valence-corrected chi connectivity index (χ0v) is 9.73. The van der Waals surface area contributed by atoms with E-state index < -0.39 is 0 Å². The number of rotatable bonds is 1. The average Bonchev–Trinajstić information content (AvgIpc) is 2.17. The van der Waals surface area contributed by atoms with Crippen molar-refractivity contribution in [3.05, 3.63) is 22.8 Å². The summed E-state index contributed by atoms with van der Waals surface area (Å²) in [5.41, 5.74) is 7.04. The molecule has 1 heteroatoms. The largest absolute Gasteiger partial charge is 0.0933 e. The van der Waals surface area contributed by atoms with Gasteiger partial charge in [0.05, 0.1) is 0 Å². The maximum absolute atomic E-state index is 2.51. The van der Waals surface area contributed by atoms with Gasteiger partial charge in [0.1, 0.15) is 0 Å². The molecule has 0 radical (unpaired) electrons. The molecule has 0 bridgehead atoms. The first kappa shape index (κ1) is 9.65. The molecule has 1 aliphatic rings. The van der Waals surface area contributed by atoms with Crippen LogP contribution in [0.5, 0.6) is 0 Å². The molecule has 0 saturated carbocycles. The van der Waals surface area contributed by atoms with Crippen LogP contribution in [-0.4, -0.2) is 14.1 Å². The van der Waals surface area contributed by atoms with E-state index in [4.69, 9.17) is 0 Å².